The molecule has 3 aromatic rings. The highest BCUT2D eigenvalue weighted by molar-refractivity contribution is 5.95. The molecular weight excluding hydrogens is 366 g/mol. The monoisotopic (exact) mass is 393 g/mol. The van der Waals surface area contributed by atoms with Gasteiger partial charge in [0.2, 0.25) is 0 Å². The third-order valence-electron chi connectivity index (χ3n) is 5.45. The lowest BCUT2D eigenvalue weighted by molar-refractivity contribution is 0.0928. The van der Waals surface area contributed by atoms with E-state index in [9.17, 15) is 4.79 Å². The molecule has 7 nitrogen and oxygen atoms in total. The molecule has 1 aliphatic rings. The minimum absolute atomic E-state index is 0.151. The van der Waals surface area contributed by atoms with Crippen LogP contribution >= 0.6 is 0 Å². The number of hydrogen-bond donors (Lipinski definition) is 1. The van der Waals surface area contributed by atoms with E-state index in [4.69, 9.17) is 4.74 Å². The Morgan fingerprint density at radius 2 is 1.79 bits per heavy atom. The average Bonchev–Trinajstić information content (AvgIpc) is 3.33. The maximum Gasteiger partial charge on any atom is 0.275 e. The zero-order chi connectivity index (χ0) is 20.1. The first kappa shape index (κ1) is 19.2. The first-order valence-corrected chi connectivity index (χ1v) is 10.3. The molecule has 1 amide bonds. The summed E-state index contributed by atoms with van der Waals surface area (Å²) in [6.07, 6.45) is 10.7. The lowest BCUT2D eigenvalue weighted by atomic mass is 10.1. The van der Waals surface area contributed by atoms with Gasteiger partial charge in [-0.25, -0.2) is 4.68 Å². The van der Waals surface area contributed by atoms with E-state index in [0.717, 1.165) is 24.2 Å². The number of ether oxygens (including phenoxy) is 1. The zero-order valence-electron chi connectivity index (χ0n) is 16.8. The molecule has 1 aliphatic carbocycles. The van der Waals surface area contributed by atoms with E-state index in [1.165, 1.54) is 25.7 Å². The van der Waals surface area contributed by atoms with Gasteiger partial charge < -0.3 is 14.6 Å². The Labute approximate surface area is 170 Å². The van der Waals surface area contributed by atoms with Crippen LogP contribution in [0, 0.1) is 0 Å². The maximum atomic E-state index is 13.0. The van der Waals surface area contributed by atoms with Gasteiger partial charge in [-0.3, -0.25) is 4.79 Å². The highest BCUT2D eigenvalue weighted by atomic mass is 16.5. The van der Waals surface area contributed by atoms with Crippen LogP contribution in [0.15, 0.2) is 48.8 Å². The second-order valence-electron chi connectivity index (χ2n) is 7.52. The quantitative estimate of drug-likeness (QED) is 0.650. The van der Waals surface area contributed by atoms with Crippen LogP contribution in [0.25, 0.3) is 5.82 Å². The molecule has 1 aromatic carbocycles. The summed E-state index contributed by atoms with van der Waals surface area (Å²) in [4.78, 5) is 13.0. The number of amides is 1. The van der Waals surface area contributed by atoms with Crippen LogP contribution in [0.4, 0.5) is 0 Å². The number of carbonyl (C=O) groups is 1. The highest BCUT2D eigenvalue weighted by Crippen LogP contribution is 2.20. The molecule has 0 atom stereocenters. The van der Waals surface area contributed by atoms with E-state index in [-0.39, 0.29) is 11.9 Å². The van der Waals surface area contributed by atoms with Crippen molar-refractivity contribution in [2.24, 2.45) is 0 Å². The predicted octanol–water partition coefficient (Wildman–Crippen LogP) is 3.58. The molecule has 1 fully saturated rings. The van der Waals surface area contributed by atoms with Gasteiger partial charge in [0.25, 0.3) is 5.91 Å². The van der Waals surface area contributed by atoms with Crippen molar-refractivity contribution < 1.29 is 9.53 Å². The van der Waals surface area contributed by atoms with Crippen LogP contribution in [0.2, 0.25) is 0 Å². The minimum Gasteiger partial charge on any atom is -0.497 e. The Bertz CT molecular complexity index is 923. The Morgan fingerprint density at radius 1 is 1.10 bits per heavy atom. The fourth-order valence-corrected chi connectivity index (χ4v) is 3.87. The van der Waals surface area contributed by atoms with E-state index in [0.29, 0.717) is 18.1 Å². The molecule has 7 heteroatoms. The second-order valence-corrected chi connectivity index (χ2v) is 7.52. The molecule has 0 spiro atoms. The van der Waals surface area contributed by atoms with Crippen molar-refractivity contribution in [3.8, 4) is 11.6 Å². The molecule has 2 aromatic heterocycles. The smallest absolute Gasteiger partial charge is 0.275 e. The summed E-state index contributed by atoms with van der Waals surface area (Å²) in [6.45, 7) is 0.515. The van der Waals surface area contributed by atoms with Crippen molar-refractivity contribution in [1.29, 1.82) is 0 Å². The third-order valence-corrected chi connectivity index (χ3v) is 5.45. The van der Waals surface area contributed by atoms with Gasteiger partial charge in [-0.05, 0) is 42.7 Å². The van der Waals surface area contributed by atoms with Crippen LogP contribution < -0.4 is 10.1 Å². The number of hydrogen-bond acceptors (Lipinski definition) is 4. The number of carbonyl (C=O) groups excluding carboxylic acids is 1. The number of nitrogens with zero attached hydrogens (tertiary/aromatic N) is 4. The maximum absolute atomic E-state index is 13.0. The van der Waals surface area contributed by atoms with E-state index in [1.54, 1.807) is 11.8 Å². The first-order valence-electron chi connectivity index (χ1n) is 10.3. The number of rotatable bonds is 6. The van der Waals surface area contributed by atoms with Crippen molar-refractivity contribution in [2.45, 2.75) is 51.1 Å². The van der Waals surface area contributed by atoms with E-state index >= 15 is 0 Å². The van der Waals surface area contributed by atoms with Crippen molar-refractivity contribution in [2.75, 3.05) is 7.11 Å². The molecule has 1 N–H and O–H groups in total. The summed E-state index contributed by atoms with van der Waals surface area (Å²) in [5.74, 6) is 1.33. The Balaban J connectivity index is 1.59. The molecule has 29 heavy (non-hydrogen) atoms. The second kappa shape index (κ2) is 8.94. The molecular formula is C22H27N5O2. The van der Waals surface area contributed by atoms with Gasteiger partial charge in [0.1, 0.15) is 5.75 Å². The number of methoxy groups -OCH3 is 1. The molecule has 0 saturated heterocycles. The summed E-state index contributed by atoms with van der Waals surface area (Å²) in [6, 6.07) is 11.9. The van der Waals surface area contributed by atoms with Gasteiger partial charge in [0.15, 0.2) is 11.5 Å². The van der Waals surface area contributed by atoms with Gasteiger partial charge in [0.05, 0.1) is 13.7 Å². The Morgan fingerprint density at radius 3 is 2.45 bits per heavy atom. The van der Waals surface area contributed by atoms with Gasteiger partial charge >= 0.3 is 0 Å². The number of nitrogens with one attached hydrogen (secondary N) is 1. The molecule has 2 heterocycles. The molecule has 0 aliphatic heterocycles. The third kappa shape index (κ3) is 4.50. The van der Waals surface area contributed by atoms with Crippen molar-refractivity contribution in [3.63, 3.8) is 0 Å². The Kier molecular flexibility index (Phi) is 5.93. The fraction of sp³-hybridized carbons (Fsp3) is 0.409. The summed E-state index contributed by atoms with van der Waals surface area (Å²) in [5.41, 5.74) is 1.42. The van der Waals surface area contributed by atoms with Crippen molar-refractivity contribution in [3.05, 3.63) is 60.0 Å². The van der Waals surface area contributed by atoms with E-state index in [2.05, 4.69) is 15.6 Å². The van der Waals surface area contributed by atoms with Gasteiger partial charge in [-0.1, -0.05) is 43.0 Å². The summed E-state index contributed by atoms with van der Waals surface area (Å²) >= 11 is 0. The Hall–Kier alpha value is -3.09. The number of aromatic nitrogens is 4. The van der Waals surface area contributed by atoms with Crippen LogP contribution in [-0.4, -0.2) is 38.6 Å². The van der Waals surface area contributed by atoms with E-state index in [1.807, 2.05) is 53.4 Å². The largest absolute Gasteiger partial charge is 0.497 e. The van der Waals surface area contributed by atoms with Gasteiger partial charge in [-0.15, -0.1) is 5.10 Å². The number of benzene rings is 1. The molecule has 1 saturated carbocycles. The van der Waals surface area contributed by atoms with Gasteiger partial charge in [0, 0.05) is 18.4 Å². The first-order chi connectivity index (χ1) is 14.2. The lowest BCUT2D eigenvalue weighted by Crippen LogP contribution is -2.35. The van der Waals surface area contributed by atoms with Crippen LogP contribution in [-0.2, 0) is 6.54 Å². The summed E-state index contributed by atoms with van der Waals surface area (Å²) in [5, 5.41) is 11.7. The fourth-order valence-electron chi connectivity index (χ4n) is 3.87. The summed E-state index contributed by atoms with van der Waals surface area (Å²) in [7, 11) is 1.65. The topological polar surface area (TPSA) is 74.0 Å². The zero-order valence-corrected chi connectivity index (χ0v) is 16.8. The normalized spacial score (nSPS) is 15.1. The SMILES string of the molecule is COc1ccc(Cn2nnc(C(=O)NC3CCCCCC3)c2-n2cccc2)cc1. The molecule has 152 valence electrons. The highest BCUT2D eigenvalue weighted by Gasteiger charge is 2.24. The van der Waals surface area contributed by atoms with Crippen LogP contribution in [0.5, 0.6) is 5.75 Å². The predicted molar refractivity (Wildman–Crippen MR) is 110 cm³/mol. The van der Waals surface area contributed by atoms with Crippen LogP contribution in [0.1, 0.15) is 54.6 Å². The molecule has 4 rings (SSSR count). The van der Waals surface area contributed by atoms with Crippen molar-refractivity contribution in [1.82, 2.24) is 24.9 Å². The molecule has 0 bridgehead atoms. The minimum atomic E-state index is -0.151. The molecule has 0 radical (unpaired) electrons. The molecule has 0 unspecified atom stereocenters. The summed E-state index contributed by atoms with van der Waals surface area (Å²) < 4.78 is 8.89. The van der Waals surface area contributed by atoms with Crippen LogP contribution in [0.3, 0.4) is 0 Å². The van der Waals surface area contributed by atoms with Gasteiger partial charge in [-0.2, -0.15) is 0 Å². The average molecular weight is 393 g/mol. The standard InChI is InChI=1S/C22H27N5O2/c1-29-19-12-10-17(11-13-19)16-27-22(26-14-6-7-15-26)20(24-25-27)21(28)23-18-8-4-2-3-5-9-18/h6-7,10-15,18H,2-5,8-9,16H2,1H3,(H,23,28). The van der Waals surface area contributed by atoms with Crippen molar-refractivity contribution >= 4 is 5.91 Å². The van der Waals surface area contributed by atoms with E-state index < -0.39 is 0 Å². The lowest BCUT2D eigenvalue weighted by Gasteiger charge is -2.16.